The Morgan fingerprint density at radius 3 is 2.05 bits per heavy atom. The van der Waals surface area contributed by atoms with E-state index in [9.17, 15) is 14.4 Å². The van der Waals surface area contributed by atoms with Gasteiger partial charge in [0.25, 0.3) is 0 Å². The van der Waals surface area contributed by atoms with Crippen molar-refractivity contribution in [2.45, 2.75) is 78.4 Å². The molecule has 0 aromatic heterocycles. The fraction of sp³-hybridized carbons (Fsp3) is 0.353. The molecule has 0 heterocycles. The monoisotopic (exact) mass is 621 g/mol. The van der Waals surface area contributed by atoms with Crippen molar-refractivity contribution >= 4 is 41.4 Å². The highest BCUT2D eigenvalue weighted by Gasteiger charge is 2.21. The van der Waals surface area contributed by atoms with Gasteiger partial charge in [0.2, 0.25) is 5.96 Å². The molecule has 0 saturated carbocycles. The number of aryl methyl sites for hydroxylation is 2. The van der Waals surface area contributed by atoms with Crippen LogP contribution in [0.15, 0.2) is 77.8 Å². The van der Waals surface area contributed by atoms with Gasteiger partial charge in [0.1, 0.15) is 17.0 Å². The fourth-order valence-electron chi connectivity index (χ4n) is 3.94. The third-order valence-electron chi connectivity index (χ3n) is 5.84. The summed E-state index contributed by atoms with van der Waals surface area (Å²) in [5.41, 5.74) is 1.47. The first-order valence-electron chi connectivity index (χ1n) is 14.4. The number of benzene rings is 3. The Labute approximate surface area is 264 Å². The van der Waals surface area contributed by atoms with Gasteiger partial charge < -0.3 is 19.5 Å². The summed E-state index contributed by atoms with van der Waals surface area (Å²) in [6.07, 6.45) is 2.16. The van der Waals surface area contributed by atoms with E-state index < -0.39 is 29.4 Å². The van der Waals surface area contributed by atoms with E-state index in [2.05, 4.69) is 27.8 Å². The number of guanidine groups is 1. The Hall–Kier alpha value is -4.37. The van der Waals surface area contributed by atoms with Crippen molar-refractivity contribution < 1.29 is 28.6 Å². The van der Waals surface area contributed by atoms with Crippen molar-refractivity contribution in [3.05, 3.63) is 94.5 Å². The van der Waals surface area contributed by atoms with Crippen LogP contribution in [0.5, 0.6) is 5.75 Å². The first kappa shape index (κ1) is 34.1. The number of unbranched alkanes of at least 4 members (excludes halogenated alkanes) is 1. The number of amides is 2. The average molecular weight is 622 g/mol. The molecule has 3 rings (SSSR count). The molecule has 3 aromatic rings. The molecule has 10 heteroatoms. The Morgan fingerprint density at radius 1 is 0.795 bits per heavy atom. The molecule has 0 bridgehead atoms. The van der Waals surface area contributed by atoms with Gasteiger partial charge >= 0.3 is 18.2 Å². The summed E-state index contributed by atoms with van der Waals surface area (Å²) in [6.45, 7) is 10.2. The van der Waals surface area contributed by atoms with E-state index in [0.717, 1.165) is 31.2 Å². The normalized spacial score (nSPS) is 11.8. The highest BCUT2D eigenvalue weighted by molar-refractivity contribution is 6.31. The maximum Gasteiger partial charge on any atom is 0.437 e. The minimum atomic E-state index is -0.909. The number of aliphatic imine (C=N–C) groups is 1. The van der Waals surface area contributed by atoms with Gasteiger partial charge in [-0.1, -0.05) is 48.0 Å². The molecule has 0 fully saturated rings. The van der Waals surface area contributed by atoms with Gasteiger partial charge in [-0.3, -0.25) is 5.32 Å². The maximum atomic E-state index is 12.8. The van der Waals surface area contributed by atoms with Crippen LogP contribution in [0.1, 0.15) is 75.9 Å². The van der Waals surface area contributed by atoms with Crippen LogP contribution in [-0.4, -0.2) is 35.3 Å². The molecule has 44 heavy (non-hydrogen) atoms. The maximum absolute atomic E-state index is 12.8. The number of hydrogen-bond donors (Lipinski definition) is 2. The van der Waals surface area contributed by atoms with Gasteiger partial charge in [-0.2, -0.15) is 0 Å². The molecule has 0 saturated heterocycles. The Morgan fingerprint density at radius 2 is 1.43 bits per heavy atom. The van der Waals surface area contributed by atoms with Crippen molar-refractivity contribution in [3.63, 3.8) is 0 Å². The summed E-state index contributed by atoms with van der Waals surface area (Å²) in [6, 6.07) is 21.8. The highest BCUT2D eigenvalue weighted by atomic mass is 35.5. The minimum absolute atomic E-state index is 0.210. The van der Waals surface area contributed by atoms with Crippen LogP contribution in [0.25, 0.3) is 0 Å². The number of esters is 1. The SMILES string of the molecule is CC(C)(C)OC(=O)/N=C(/NC(=O)OC(C)(C)C)Nc1ccc(C(=O)Oc2ccc(CCCCc3ccccc3)c(Cl)c2)cc1. The fourth-order valence-corrected chi connectivity index (χ4v) is 4.20. The van der Waals surface area contributed by atoms with Crippen LogP contribution >= 0.6 is 11.6 Å². The Balaban J connectivity index is 1.60. The first-order valence-corrected chi connectivity index (χ1v) is 14.8. The predicted octanol–water partition coefficient (Wildman–Crippen LogP) is 8.35. The number of rotatable bonds is 8. The van der Waals surface area contributed by atoms with E-state index in [1.807, 2.05) is 24.3 Å². The molecule has 234 valence electrons. The van der Waals surface area contributed by atoms with Crippen LogP contribution in [0, 0.1) is 0 Å². The average Bonchev–Trinajstić information content (AvgIpc) is 2.91. The van der Waals surface area contributed by atoms with Crippen molar-refractivity contribution in [3.8, 4) is 5.75 Å². The number of anilines is 1. The molecule has 0 spiro atoms. The van der Waals surface area contributed by atoms with Crippen LogP contribution in [0.2, 0.25) is 5.02 Å². The molecule has 9 nitrogen and oxygen atoms in total. The summed E-state index contributed by atoms with van der Waals surface area (Å²) in [7, 11) is 0. The minimum Gasteiger partial charge on any atom is -0.444 e. The molecule has 0 atom stereocenters. The molecule has 0 unspecified atom stereocenters. The Kier molecular flexibility index (Phi) is 11.9. The van der Waals surface area contributed by atoms with Crippen LogP contribution in [-0.2, 0) is 22.3 Å². The molecule has 0 aliphatic carbocycles. The van der Waals surface area contributed by atoms with E-state index in [0.29, 0.717) is 16.5 Å². The smallest absolute Gasteiger partial charge is 0.437 e. The summed E-state index contributed by atoms with van der Waals surface area (Å²) in [5, 5.41) is 5.80. The second-order valence-electron chi connectivity index (χ2n) is 12.1. The second-order valence-corrected chi connectivity index (χ2v) is 12.5. The quantitative estimate of drug-likeness (QED) is 0.0853. The van der Waals surface area contributed by atoms with Crippen LogP contribution in [0.3, 0.4) is 0 Å². The standard InChI is InChI=1S/C34H40ClN3O6/c1-33(2,3)43-31(40)37-30(38-32(41)44-34(4,5)6)36-26-19-16-25(17-20-26)29(39)42-27-21-18-24(28(35)22-27)15-11-10-14-23-12-8-7-9-13-23/h7-9,12-13,16-22H,10-11,14-15H2,1-6H3,(H2,36,37,38,40,41). The topological polar surface area (TPSA) is 115 Å². The van der Waals surface area contributed by atoms with Gasteiger partial charge in [-0.15, -0.1) is 4.99 Å². The van der Waals surface area contributed by atoms with Crippen molar-refractivity contribution in [2.24, 2.45) is 4.99 Å². The van der Waals surface area contributed by atoms with Gasteiger partial charge in [0, 0.05) is 10.7 Å². The molecule has 0 aliphatic rings. The molecule has 2 amide bonds. The number of nitrogens with one attached hydrogen (secondary N) is 2. The number of carbonyl (C=O) groups excluding carboxylic acids is 3. The van der Waals surface area contributed by atoms with Gasteiger partial charge in [0.15, 0.2) is 0 Å². The third-order valence-corrected chi connectivity index (χ3v) is 6.19. The van der Waals surface area contributed by atoms with E-state index in [-0.39, 0.29) is 11.5 Å². The van der Waals surface area contributed by atoms with Gasteiger partial charge in [0.05, 0.1) is 5.56 Å². The molecule has 2 N–H and O–H groups in total. The third kappa shape index (κ3) is 12.5. The lowest BCUT2D eigenvalue weighted by Gasteiger charge is -2.21. The molecule has 3 aromatic carbocycles. The number of alkyl carbamates (subject to hydrolysis) is 1. The first-order chi connectivity index (χ1) is 20.7. The highest BCUT2D eigenvalue weighted by Crippen LogP contribution is 2.25. The number of hydrogen-bond acceptors (Lipinski definition) is 6. The van der Waals surface area contributed by atoms with E-state index in [1.54, 1.807) is 65.8 Å². The predicted molar refractivity (Wildman–Crippen MR) is 173 cm³/mol. The number of nitrogens with zero attached hydrogens (tertiary/aromatic N) is 1. The zero-order valence-electron chi connectivity index (χ0n) is 26.0. The largest absolute Gasteiger partial charge is 0.444 e. The molecular formula is C34H40ClN3O6. The van der Waals surface area contributed by atoms with Crippen LogP contribution < -0.4 is 15.4 Å². The summed E-state index contributed by atoms with van der Waals surface area (Å²) in [4.78, 5) is 41.2. The van der Waals surface area contributed by atoms with Crippen LogP contribution in [0.4, 0.5) is 15.3 Å². The molecule has 0 radical (unpaired) electrons. The Bertz CT molecular complexity index is 1460. The van der Waals surface area contributed by atoms with E-state index in [1.165, 1.54) is 17.7 Å². The summed E-state index contributed by atoms with van der Waals surface area (Å²) >= 11 is 6.48. The molecule has 0 aliphatic heterocycles. The number of ether oxygens (including phenoxy) is 3. The lowest BCUT2D eigenvalue weighted by molar-refractivity contribution is 0.0561. The lowest BCUT2D eigenvalue weighted by Crippen LogP contribution is -2.40. The second kappa shape index (κ2) is 15.4. The van der Waals surface area contributed by atoms with Crippen molar-refractivity contribution in [2.75, 3.05) is 5.32 Å². The van der Waals surface area contributed by atoms with E-state index in [4.69, 9.17) is 25.8 Å². The molecular weight excluding hydrogens is 582 g/mol. The summed E-state index contributed by atoms with van der Waals surface area (Å²) in [5.74, 6) is -0.444. The lowest BCUT2D eigenvalue weighted by atomic mass is 10.0. The van der Waals surface area contributed by atoms with E-state index >= 15 is 0 Å². The number of halogens is 1. The van der Waals surface area contributed by atoms with Gasteiger partial charge in [-0.25, -0.2) is 14.4 Å². The summed E-state index contributed by atoms with van der Waals surface area (Å²) < 4.78 is 16.0. The van der Waals surface area contributed by atoms with Gasteiger partial charge in [-0.05, 0) is 115 Å². The zero-order chi connectivity index (χ0) is 32.3. The van der Waals surface area contributed by atoms with Crippen molar-refractivity contribution in [1.29, 1.82) is 0 Å². The number of carbonyl (C=O) groups is 3. The zero-order valence-corrected chi connectivity index (χ0v) is 26.8. The van der Waals surface area contributed by atoms with Crippen molar-refractivity contribution in [1.82, 2.24) is 5.32 Å².